The number of hydrogen-bond acceptors (Lipinski definition) is 4. The standard InChI is InChI=1S/C12H15BrN2O3/c1-8(2)5-10(16)7-14-11-4-3-9(13)6-12(11)15(17)18/h3-4,6,8,14H,5,7H2,1-2H3. The van der Waals surface area contributed by atoms with Crippen LogP contribution in [0, 0.1) is 16.0 Å². The van der Waals surface area contributed by atoms with E-state index in [1.54, 1.807) is 12.1 Å². The van der Waals surface area contributed by atoms with Gasteiger partial charge in [-0.15, -0.1) is 0 Å². The van der Waals surface area contributed by atoms with E-state index in [4.69, 9.17) is 0 Å². The van der Waals surface area contributed by atoms with Crippen molar-refractivity contribution in [3.05, 3.63) is 32.8 Å². The maximum atomic E-state index is 11.5. The van der Waals surface area contributed by atoms with Gasteiger partial charge >= 0.3 is 0 Å². The molecule has 5 nitrogen and oxygen atoms in total. The first-order valence-corrected chi connectivity index (χ1v) is 6.39. The van der Waals surface area contributed by atoms with Crippen LogP contribution in [0.15, 0.2) is 22.7 Å². The average Bonchev–Trinajstić information content (AvgIpc) is 2.26. The second-order valence-electron chi connectivity index (χ2n) is 4.41. The molecule has 98 valence electrons. The van der Waals surface area contributed by atoms with Crippen molar-refractivity contribution in [3.63, 3.8) is 0 Å². The molecule has 0 bridgehead atoms. The Bertz CT molecular complexity index is 461. The molecule has 0 fully saturated rings. The molecule has 0 amide bonds. The third-order valence-corrected chi connectivity index (χ3v) is 2.76. The SMILES string of the molecule is CC(C)CC(=O)CNc1ccc(Br)cc1[N+](=O)[O-]. The summed E-state index contributed by atoms with van der Waals surface area (Å²) in [7, 11) is 0. The van der Waals surface area contributed by atoms with Crippen LogP contribution in [0.2, 0.25) is 0 Å². The number of Topliss-reactive ketones (excluding diaryl/α,β-unsaturated/α-hetero) is 1. The van der Waals surface area contributed by atoms with Gasteiger partial charge in [0, 0.05) is 17.0 Å². The van der Waals surface area contributed by atoms with Crippen LogP contribution in [0.5, 0.6) is 0 Å². The highest BCUT2D eigenvalue weighted by atomic mass is 79.9. The van der Waals surface area contributed by atoms with E-state index in [-0.39, 0.29) is 18.0 Å². The molecule has 0 aromatic heterocycles. The maximum Gasteiger partial charge on any atom is 0.293 e. The number of carbonyl (C=O) groups is 1. The van der Waals surface area contributed by atoms with Crippen molar-refractivity contribution in [2.45, 2.75) is 20.3 Å². The Morgan fingerprint density at radius 2 is 2.17 bits per heavy atom. The number of halogens is 1. The molecule has 18 heavy (non-hydrogen) atoms. The summed E-state index contributed by atoms with van der Waals surface area (Å²) in [5, 5.41) is 13.7. The quantitative estimate of drug-likeness (QED) is 0.645. The van der Waals surface area contributed by atoms with Gasteiger partial charge in [-0.25, -0.2) is 0 Å². The van der Waals surface area contributed by atoms with Crippen LogP contribution in [0.25, 0.3) is 0 Å². The summed E-state index contributed by atoms with van der Waals surface area (Å²) in [5.41, 5.74) is 0.321. The van der Waals surface area contributed by atoms with Gasteiger partial charge in [0.25, 0.3) is 5.69 Å². The molecule has 0 radical (unpaired) electrons. The summed E-state index contributed by atoms with van der Waals surface area (Å²) in [6, 6.07) is 4.70. The Morgan fingerprint density at radius 1 is 1.50 bits per heavy atom. The van der Waals surface area contributed by atoms with Crippen LogP contribution in [-0.2, 0) is 4.79 Å². The van der Waals surface area contributed by atoms with Crippen molar-refractivity contribution >= 4 is 33.1 Å². The zero-order chi connectivity index (χ0) is 13.7. The number of nitrogens with zero attached hydrogens (tertiary/aromatic N) is 1. The monoisotopic (exact) mass is 314 g/mol. The first-order valence-electron chi connectivity index (χ1n) is 5.59. The van der Waals surface area contributed by atoms with Crippen LogP contribution in [0.1, 0.15) is 20.3 Å². The lowest BCUT2D eigenvalue weighted by molar-refractivity contribution is -0.384. The second-order valence-corrected chi connectivity index (χ2v) is 5.32. The smallest absolute Gasteiger partial charge is 0.293 e. The molecule has 0 saturated carbocycles. The normalized spacial score (nSPS) is 10.4. The van der Waals surface area contributed by atoms with Crippen LogP contribution in [0.4, 0.5) is 11.4 Å². The lowest BCUT2D eigenvalue weighted by atomic mass is 10.1. The summed E-state index contributed by atoms with van der Waals surface area (Å²) in [4.78, 5) is 21.9. The third kappa shape index (κ3) is 4.44. The predicted octanol–water partition coefficient (Wildman–Crippen LogP) is 3.38. The Morgan fingerprint density at radius 3 is 2.72 bits per heavy atom. The molecule has 1 aromatic rings. The number of nitro benzene ring substituents is 1. The Labute approximate surface area is 114 Å². The molecule has 1 rings (SSSR count). The summed E-state index contributed by atoms with van der Waals surface area (Å²) >= 11 is 3.18. The van der Waals surface area contributed by atoms with Gasteiger partial charge in [0.1, 0.15) is 5.69 Å². The molecular formula is C12H15BrN2O3. The minimum atomic E-state index is -0.472. The summed E-state index contributed by atoms with van der Waals surface area (Å²) in [6.07, 6.45) is 0.470. The first kappa shape index (κ1) is 14.6. The Balaban J connectivity index is 2.73. The molecule has 0 aliphatic heterocycles. The molecule has 6 heteroatoms. The average molecular weight is 315 g/mol. The summed E-state index contributed by atoms with van der Waals surface area (Å²) < 4.78 is 0.633. The third-order valence-electron chi connectivity index (χ3n) is 2.27. The number of hydrogen-bond donors (Lipinski definition) is 1. The van der Waals surface area contributed by atoms with Crippen molar-refractivity contribution in [1.29, 1.82) is 0 Å². The van der Waals surface area contributed by atoms with Crippen LogP contribution < -0.4 is 5.32 Å². The minimum absolute atomic E-state index is 0.0401. The second kappa shape index (κ2) is 6.49. The minimum Gasteiger partial charge on any atom is -0.372 e. The van der Waals surface area contributed by atoms with E-state index in [0.717, 1.165) is 0 Å². The molecule has 1 N–H and O–H groups in total. The Kier molecular flexibility index (Phi) is 5.27. The van der Waals surface area contributed by atoms with Crippen molar-refractivity contribution in [2.75, 3.05) is 11.9 Å². The van der Waals surface area contributed by atoms with E-state index in [1.165, 1.54) is 6.07 Å². The predicted molar refractivity (Wildman–Crippen MR) is 73.7 cm³/mol. The molecule has 1 aromatic carbocycles. The van der Waals surface area contributed by atoms with E-state index in [0.29, 0.717) is 22.5 Å². The van der Waals surface area contributed by atoms with Gasteiger partial charge < -0.3 is 5.32 Å². The number of carbonyl (C=O) groups excluding carboxylic acids is 1. The van der Waals surface area contributed by atoms with E-state index >= 15 is 0 Å². The zero-order valence-electron chi connectivity index (χ0n) is 10.3. The fourth-order valence-electron chi connectivity index (χ4n) is 1.53. The van der Waals surface area contributed by atoms with Gasteiger partial charge in [0.2, 0.25) is 0 Å². The highest BCUT2D eigenvalue weighted by Gasteiger charge is 2.15. The number of nitrogens with one attached hydrogen (secondary N) is 1. The summed E-state index contributed by atoms with van der Waals surface area (Å²) in [5.74, 6) is 0.335. The Hall–Kier alpha value is -1.43. The van der Waals surface area contributed by atoms with Crippen LogP contribution >= 0.6 is 15.9 Å². The number of nitro groups is 1. The lowest BCUT2D eigenvalue weighted by Crippen LogP contribution is -2.16. The van der Waals surface area contributed by atoms with Crippen LogP contribution in [-0.4, -0.2) is 17.3 Å². The largest absolute Gasteiger partial charge is 0.372 e. The van der Waals surface area contributed by atoms with E-state index in [1.807, 2.05) is 13.8 Å². The molecule has 0 aliphatic rings. The topological polar surface area (TPSA) is 72.2 Å². The maximum absolute atomic E-state index is 11.5. The van der Waals surface area contributed by atoms with Crippen LogP contribution in [0.3, 0.4) is 0 Å². The van der Waals surface area contributed by atoms with E-state index in [2.05, 4.69) is 21.2 Å². The van der Waals surface area contributed by atoms with Gasteiger partial charge in [0.15, 0.2) is 5.78 Å². The zero-order valence-corrected chi connectivity index (χ0v) is 11.9. The van der Waals surface area contributed by atoms with Gasteiger partial charge in [-0.1, -0.05) is 29.8 Å². The van der Waals surface area contributed by atoms with Gasteiger partial charge in [-0.3, -0.25) is 14.9 Å². The number of anilines is 1. The van der Waals surface area contributed by atoms with E-state index in [9.17, 15) is 14.9 Å². The number of rotatable bonds is 6. The molecule has 0 heterocycles. The van der Waals surface area contributed by atoms with Crippen molar-refractivity contribution in [3.8, 4) is 0 Å². The van der Waals surface area contributed by atoms with Gasteiger partial charge in [-0.05, 0) is 18.1 Å². The molecule has 0 aliphatic carbocycles. The molecule has 0 unspecified atom stereocenters. The van der Waals surface area contributed by atoms with Crippen molar-refractivity contribution in [1.82, 2.24) is 0 Å². The molecule has 0 saturated heterocycles. The highest BCUT2D eigenvalue weighted by Crippen LogP contribution is 2.27. The molecule has 0 atom stereocenters. The number of ketones is 1. The van der Waals surface area contributed by atoms with Gasteiger partial charge in [-0.2, -0.15) is 0 Å². The lowest BCUT2D eigenvalue weighted by Gasteiger charge is -2.08. The fourth-order valence-corrected chi connectivity index (χ4v) is 1.88. The van der Waals surface area contributed by atoms with Gasteiger partial charge in [0.05, 0.1) is 11.5 Å². The van der Waals surface area contributed by atoms with E-state index < -0.39 is 4.92 Å². The molecular weight excluding hydrogens is 300 g/mol. The first-order chi connectivity index (χ1) is 8.40. The highest BCUT2D eigenvalue weighted by molar-refractivity contribution is 9.10. The fraction of sp³-hybridized carbons (Fsp3) is 0.417. The van der Waals surface area contributed by atoms with Crippen molar-refractivity contribution < 1.29 is 9.72 Å². The van der Waals surface area contributed by atoms with Crippen molar-refractivity contribution in [2.24, 2.45) is 5.92 Å². The number of benzene rings is 1. The summed E-state index contributed by atoms with van der Waals surface area (Å²) in [6.45, 7) is 4.03. The molecule has 0 spiro atoms.